The number of rotatable bonds is 6. The van der Waals surface area contributed by atoms with Crippen molar-refractivity contribution in [2.45, 2.75) is 26.8 Å². The number of nitrogens with zero attached hydrogens (tertiary/aromatic N) is 1. The lowest BCUT2D eigenvalue weighted by molar-refractivity contribution is -0.121. The van der Waals surface area contributed by atoms with Gasteiger partial charge in [0.2, 0.25) is 5.91 Å². The number of nitrogens with one attached hydrogen (secondary N) is 2. The van der Waals surface area contributed by atoms with E-state index in [9.17, 15) is 9.59 Å². The minimum atomic E-state index is -0.513. The van der Waals surface area contributed by atoms with Crippen LogP contribution >= 0.6 is 0 Å². The molecular formula is C13H20N4O3. The van der Waals surface area contributed by atoms with Crippen molar-refractivity contribution >= 4 is 23.4 Å². The maximum absolute atomic E-state index is 11.7. The van der Waals surface area contributed by atoms with E-state index in [0.717, 1.165) is 0 Å². The van der Waals surface area contributed by atoms with Crippen LogP contribution in [0.2, 0.25) is 0 Å². The topological polar surface area (TPSA) is 106 Å². The highest BCUT2D eigenvalue weighted by atomic mass is 16.5. The van der Waals surface area contributed by atoms with Crippen molar-refractivity contribution in [2.24, 2.45) is 0 Å². The summed E-state index contributed by atoms with van der Waals surface area (Å²) in [6, 6.07) is 1.00. The molecule has 1 rings (SSSR count). The number of aromatic nitrogens is 1. The smallest absolute Gasteiger partial charge is 0.340 e. The molecule has 1 atom stereocenters. The minimum Gasteiger partial charge on any atom is -0.462 e. The number of nitrogens with two attached hydrogens (primary N) is 1. The van der Waals surface area contributed by atoms with E-state index >= 15 is 0 Å². The van der Waals surface area contributed by atoms with Crippen LogP contribution in [0.1, 0.15) is 31.1 Å². The molecule has 7 nitrogen and oxygen atoms in total. The maximum Gasteiger partial charge on any atom is 0.340 e. The van der Waals surface area contributed by atoms with Crippen LogP contribution in [0.3, 0.4) is 0 Å². The van der Waals surface area contributed by atoms with Crippen LogP contribution in [0.5, 0.6) is 0 Å². The number of carbonyl (C=O) groups excluding carboxylic acids is 2. The Labute approximate surface area is 117 Å². The van der Waals surface area contributed by atoms with Gasteiger partial charge in [0.15, 0.2) is 0 Å². The monoisotopic (exact) mass is 280 g/mol. The Bertz CT molecular complexity index is 491. The molecule has 0 aromatic carbocycles. The number of hydrogen-bond acceptors (Lipinski definition) is 6. The normalized spacial score (nSPS) is 11.6. The van der Waals surface area contributed by atoms with E-state index in [1.807, 2.05) is 6.92 Å². The molecule has 0 aliphatic rings. The van der Waals surface area contributed by atoms with Gasteiger partial charge in [0.1, 0.15) is 11.9 Å². The highest BCUT2D eigenvalue weighted by molar-refractivity contribution is 5.95. The van der Waals surface area contributed by atoms with Gasteiger partial charge < -0.3 is 21.1 Å². The largest absolute Gasteiger partial charge is 0.462 e. The van der Waals surface area contributed by atoms with Crippen molar-refractivity contribution < 1.29 is 14.3 Å². The molecule has 0 spiro atoms. The number of pyridine rings is 1. The molecule has 1 aromatic rings. The fraction of sp³-hybridized carbons (Fsp3) is 0.462. The van der Waals surface area contributed by atoms with Gasteiger partial charge in [-0.1, -0.05) is 0 Å². The molecule has 1 amide bonds. The molecule has 0 fully saturated rings. The summed E-state index contributed by atoms with van der Waals surface area (Å²) in [6.07, 6.45) is 1.36. The van der Waals surface area contributed by atoms with Gasteiger partial charge in [0.05, 0.1) is 24.1 Å². The average molecular weight is 280 g/mol. The number of carbonyl (C=O) groups is 2. The summed E-state index contributed by atoms with van der Waals surface area (Å²) in [5.74, 6) is -0.272. The molecule has 0 saturated carbocycles. The van der Waals surface area contributed by atoms with Crippen LogP contribution < -0.4 is 16.4 Å². The molecule has 0 aliphatic carbocycles. The summed E-state index contributed by atoms with van der Waals surface area (Å²) in [7, 11) is 0. The van der Waals surface area contributed by atoms with E-state index in [4.69, 9.17) is 10.5 Å². The minimum absolute atomic E-state index is 0.149. The van der Waals surface area contributed by atoms with Gasteiger partial charge in [-0.2, -0.15) is 0 Å². The fourth-order valence-electron chi connectivity index (χ4n) is 1.55. The third-order valence-electron chi connectivity index (χ3n) is 2.54. The summed E-state index contributed by atoms with van der Waals surface area (Å²) in [4.78, 5) is 27.4. The Morgan fingerprint density at radius 1 is 1.45 bits per heavy atom. The molecule has 1 aromatic heterocycles. The molecule has 0 bridgehead atoms. The second-order valence-corrected chi connectivity index (χ2v) is 4.14. The van der Waals surface area contributed by atoms with E-state index in [0.29, 0.717) is 12.4 Å². The van der Waals surface area contributed by atoms with Crippen LogP contribution in [-0.2, 0) is 9.53 Å². The second kappa shape index (κ2) is 7.32. The number of anilines is 2. The highest BCUT2D eigenvalue weighted by Gasteiger charge is 2.16. The lowest BCUT2D eigenvalue weighted by Gasteiger charge is -2.15. The second-order valence-electron chi connectivity index (χ2n) is 4.14. The Morgan fingerprint density at radius 2 is 2.15 bits per heavy atom. The molecule has 1 heterocycles. The number of esters is 1. The number of likely N-dealkylation sites (N-methyl/N-ethyl adjacent to an activating group) is 1. The lowest BCUT2D eigenvalue weighted by atomic mass is 10.2. The van der Waals surface area contributed by atoms with E-state index in [1.54, 1.807) is 13.8 Å². The third kappa shape index (κ3) is 4.11. The van der Waals surface area contributed by atoms with E-state index in [1.165, 1.54) is 12.3 Å². The zero-order valence-electron chi connectivity index (χ0n) is 11.9. The summed E-state index contributed by atoms with van der Waals surface area (Å²) < 4.78 is 4.90. The molecule has 110 valence electrons. The van der Waals surface area contributed by atoms with Crippen LogP contribution in [0, 0.1) is 0 Å². The van der Waals surface area contributed by atoms with Crippen LogP contribution in [0.15, 0.2) is 12.3 Å². The van der Waals surface area contributed by atoms with Crippen molar-refractivity contribution in [3.05, 3.63) is 17.8 Å². The van der Waals surface area contributed by atoms with Gasteiger partial charge in [0, 0.05) is 6.54 Å². The van der Waals surface area contributed by atoms with Crippen molar-refractivity contribution in [3.8, 4) is 0 Å². The fourth-order valence-corrected chi connectivity index (χ4v) is 1.55. The Hall–Kier alpha value is -2.31. The van der Waals surface area contributed by atoms with E-state index < -0.39 is 12.0 Å². The lowest BCUT2D eigenvalue weighted by Crippen LogP contribution is -2.37. The van der Waals surface area contributed by atoms with Crippen molar-refractivity contribution in [2.75, 3.05) is 24.2 Å². The summed E-state index contributed by atoms with van der Waals surface area (Å²) >= 11 is 0. The molecule has 4 N–H and O–H groups in total. The van der Waals surface area contributed by atoms with Gasteiger partial charge in [-0.25, -0.2) is 9.78 Å². The molecule has 0 radical (unpaired) electrons. The first-order valence-corrected chi connectivity index (χ1v) is 6.46. The molecule has 7 heteroatoms. The summed E-state index contributed by atoms with van der Waals surface area (Å²) in [5.41, 5.74) is 6.15. The van der Waals surface area contributed by atoms with Crippen LogP contribution in [0.4, 0.5) is 11.5 Å². The zero-order valence-corrected chi connectivity index (χ0v) is 11.9. The SMILES string of the molecule is CCNC(=O)C(C)Nc1cc(C(=O)OCC)c(N)cn1. The number of nitrogen functional groups attached to an aromatic ring is 1. The molecule has 0 aliphatic heterocycles. The third-order valence-corrected chi connectivity index (χ3v) is 2.54. The average Bonchev–Trinajstić information content (AvgIpc) is 2.41. The first-order chi connectivity index (χ1) is 9.49. The van der Waals surface area contributed by atoms with Crippen LogP contribution in [0.25, 0.3) is 0 Å². The predicted octanol–water partition coefficient (Wildman–Crippen LogP) is 0.777. The maximum atomic E-state index is 11.7. The Balaban J connectivity index is 2.84. The van der Waals surface area contributed by atoms with E-state index in [2.05, 4.69) is 15.6 Å². The van der Waals surface area contributed by atoms with Gasteiger partial charge in [-0.05, 0) is 26.8 Å². The standard InChI is InChI=1S/C13H20N4O3/c1-4-15-12(18)8(3)17-11-6-9(10(14)7-16-11)13(19)20-5-2/h6-8H,4-5,14H2,1-3H3,(H,15,18)(H,16,17). The van der Waals surface area contributed by atoms with Crippen molar-refractivity contribution in [3.63, 3.8) is 0 Å². The quantitative estimate of drug-likeness (QED) is 0.665. The van der Waals surface area contributed by atoms with Crippen molar-refractivity contribution in [1.29, 1.82) is 0 Å². The van der Waals surface area contributed by atoms with E-state index in [-0.39, 0.29) is 23.8 Å². The molecular weight excluding hydrogens is 260 g/mol. The van der Waals surface area contributed by atoms with Gasteiger partial charge in [0.25, 0.3) is 0 Å². The Kier molecular flexibility index (Phi) is 5.76. The highest BCUT2D eigenvalue weighted by Crippen LogP contribution is 2.16. The Morgan fingerprint density at radius 3 is 2.75 bits per heavy atom. The van der Waals surface area contributed by atoms with Crippen LogP contribution in [-0.4, -0.2) is 36.1 Å². The van der Waals surface area contributed by atoms with Crippen molar-refractivity contribution in [1.82, 2.24) is 10.3 Å². The molecule has 20 heavy (non-hydrogen) atoms. The predicted molar refractivity (Wildman–Crippen MR) is 76.4 cm³/mol. The zero-order chi connectivity index (χ0) is 15.1. The molecule has 0 saturated heterocycles. The number of hydrogen-bond donors (Lipinski definition) is 3. The first-order valence-electron chi connectivity index (χ1n) is 6.46. The van der Waals surface area contributed by atoms with Gasteiger partial charge in [-0.3, -0.25) is 4.79 Å². The van der Waals surface area contributed by atoms with Gasteiger partial charge in [-0.15, -0.1) is 0 Å². The first kappa shape index (κ1) is 15.7. The summed E-state index contributed by atoms with van der Waals surface area (Å²) in [6.45, 7) is 6.07. The summed E-state index contributed by atoms with van der Waals surface area (Å²) in [5, 5.41) is 5.59. The van der Waals surface area contributed by atoms with Gasteiger partial charge >= 0.3 is 5.97 Å². The molecule has 1 unspecified atom stereocenters. The number of amides is 1. The number of ether oxygens (including phenoxy) is 1.